The summed E-state index contributed by atoms with van der Waals surface area (Å²) in [6.45, 7) is 1.62. The van der Waals surface area contributed by atoms with Crippen molar-refractivity contribution < 1.29 is 14.6 Å². The summed E-state index contributed by atoms with van der Waals surface area (Å²) in [5.41, 5.74) is -0.270. The van der Waals surface area contributed by atoms with Gasteiger partial charge in [0.2, 0.25) is 0 Å². The number of nitrogens with one attached hydrogen (secondary N) is 1. The van der Waals surface area contributed by atoms with Crippen LogP contribution >= 0.6 is 23.7 Å². The van der Waals surface area contributed by atoms with Crippen molar-refractivity contribution in [2.75, 3.05) is 18.9 Å². The fourth-order valence-electron chi connectivity index (χ4n) is 2.48. The summed E-state index contributed by atoms with van der Waals surface area (Å²) >= 11 is 1.33. The molecular weight excluding hydrogens is 386 g/mol. The maximum Gasteiger partial charge on any atom is 0.277 e. The van der Waals surface area contributed by atoms with Crippen LogP contribution < -0.4 is 5.32 Å². The number of halogens is 1. The van der Waals surface area contributed by atoms with Gasteiger partial charge < -0.3 is 4.90 Å². The standard InChI is InChI=1S/C14H13N5O5S.ClH/c1-17-3-2-11-12(7-17)25-14(15-11)16-13(20)8-4-9(18(21)22)6-10(5-8)19(23)24;/h4-6H,2-3,7H2,1H3,(H,15,16,20);1H. The third-order valence-electron chi connectivity index (χ3n) is 3.73. The van der Waals surface area contributed by atoms with E-state index in [2.05, 4.69) is 15.2 Å². The quantitative estimate of drug-likeness (QED) is 0.617. The molecule has 0 fully saturated rings. The topological polar surface area (TPSA) is 132 Å². The molecule has 0 spiro atoms. The van der Waals surface area contributed by atoms with E-state index >= 15 is 0 Å². The molecule has 1 aliphatic heterocycles. The molecule has 3 rings (SSSR count). The molecule has 0 bridgehead atoms. The number of anilines is 1. The van der Waals surface area contributed by atoms with Crippen molar-refractivity contribution >= 4 is 46.2 Å². The van der Waals surface area contributed by atoms with Gasteiger partial charge in [0.15, 0.2) is 5.13 Å². The molecule has 1 aliphatic rings. The molecule has 1 aromatic heterocycles. The Morgan fingerprint density at radius 2 is 1.85 bits per heavy atom. The maximum atomic E-state index is 12.3. The summed E-state index contributed by atoms with van der Waals surface area (Å²) < 4.78 is 0. The summed E-state index contributed by atoms with van der Waals surface area (Å²) in [6.07, 6.45) is 0.778. The van der Waals surface area contributed by atoms with Gasteiger partial charge in [-0.3, -0.25) is 30.3 Å². The van der Waals surface area contributed by atoms with Crippen LogP contribution in [0.5, 0.6) is 0 Å². The van der Waals surface area contributed by atoms with Crippen molar-refractivity contribution in [3.8, 4) is 0 Å². The highest BCUT2D eigenvalue weighted by molar-refractivity contribution is 7.15. The van der Waals surface area contributed by atoms with Gasteiger partial charge >= 0.3 is 0 Å². The van der Waals surface area contributed by atoms with Gasteiger partial charge in [-0.2, -0.15) is 0 Å². The molecule has 1 N–H and O–H groups in total. The van der Waals surface area contributed by atoms with Gasteiger partial charge in [-0.25, -0.2) is 4.98 Å². The number of nitro groups is 2. The molecule has 0 aliphatic carbocycles. The van der Waals surface area contributed by atoms with Crippen LogP contribution in [0, 0.1) is 20.2 Å². The predicted molar refractivity (Wildman–Crippen MR) is 97.1 cm³/mol. The zero-order valence-corrected chi connectivity index (χ0v) is 15.1. The van der Waals surface area contributed by atoms with Crippen LogP contribution in [0.2, 0.25) is 0 Å². The fraction of sp³-hybridized carbons (Fsp3) is 0.286. The first-order valence-corrected chi connectivity index (χ1v) is 8.07. The number of benzene rings is 1. The first-order valence-electron chi connectivity index (χ1n) is 7.26. The third-order valence-corrected chi connectivity index (χ3v) is 4.73. The molecule has 2 heterocycles. The number of likely N-dealkylation sites (N-methyl/N-ethyl adjacent to an activating group) is 1. The Morgan fingerprint density at radius 3 is 2.42 bits per heavy atom. The van der Waals surface area contributed by atoms with Crippen LogP contribution in [0.15, 0.2) is 18.2 Å². The molecular formula is C14H14ClN5O5S. The summed E-state index contributed by atoms with van der Waals surface area (Å²) in [6, 6.07) is 2.82. The lowest BCUT2D eigenvalue weighted by molar-refractivity contribution is -0.394. The molecule has 12 heteroatoms. The summed E-state index contributed by atoms with van der Waals surface area (Å²) in [4.78, 5) is 40.1. The molecule has 10 nitrogen and oxygen atoms in total. The van der Waals surface area contributed by atoms with Crippen LogP contribution in [0.1, 0.15) is 20.9 Å². The van der Waals surface area contributed by atoms with Gasteiger partial charge in [0.05, 0.1) is 27.2 Å². The first kappa shape index (κ1) is 19.7. The Kier molecular flexibility index (Phi) is 5.85. The highest BCUT2D eigenvalue weighted by Gasteiger charge is 2.22. The van der Waals surface area contributed by atoms with Gasteiger partial charge in [-0.1, -0.05) is 0 Å². The van der Waals surface area contributed by atoms with Crippen molar-refractivity contribution in [2.24, 2.45) is 0 Å². The van der Waals surface area contributed by atoms with E-state index in [9.17, 15) is 25.0 Å². The van der Waals surface area contributed by atoms with Crippen molar-refractivity contribution in [1.82, 2.24) is 9.88 Å². The average molecular weight is 400 g/mol. The van der Waals surface area contributed by atoms with Gasteiger partial charge in [-0.05, 0) is 7.05 Å². The van der Waals surface area contributed by atoms with E-state index in [1.165, 1.54) is 11.3 Å². The first-order chi connectivity index (χ1) is 11.8. The second-order valence-corrected chi connectivity index (χ2v) is 6.67. The fourth-order valence-corrected chi connectivity index (χ4v) is 3.57. The van der Waals surface area contributed by atoms with Crippen LogP contribution in [0.4, 0.5) is 16.5 Å². The highest BCUT2D eigenvalue weighted by atomic mass is 35.5. The minimum atomic E-state index is -0.776. The Balaban J connectivity index is 0.00000243. The molecule has 0 unspecified atom stereocenters. The number of amides is 1. The van der Waals surface area contributed by atoms with Gasteiger partial charge in [0.25, 0.3) is 17.3 Å². The number of carbonyl (C=O) groups is 1. The number of hydrogen-bond acceptors (Lipinski definition) is 8. The molecule has 1 amide bonds. The van der Waals surface area contributed by atoms with E-state index in [-0.39, 0.29) is 18.0 Å². The number of fused-ring (bicyclic) bond motifs is 1. The second-order valence-electron chi connectivity index (χ2n) is 5.58. The summed E-state index contributed by atoms with van der Waals surface area (Å²) in [5.74, 6) is -0.675. The lowest BCUT2D eigenvalue weighted by Gasteiger charge is -2.20. The lowest BCUT2D eigenvalue weighted by Crippen LogP contribution is -2.25. The normalized spacial score (nSPS) is 13.4. The van der Waals surface area contributed by atoms with E-state index < -0.39 is 27.1 Å². The number of rotatable bonds is 4. The van der Waals surface area contributed by atoms with E-state index in [1.807, 2.05) is 7.05 Å². The minimum Gasteiger partial charge on any atom is -0.301 e. The van der Waals surface area contributed by atoms with Gasteiger partial charge in [0.1, 0.15) is 0 Å². The van der Waals surface area contributed by atoms with E-state index in [0.717, 1.165) is 48.3 Å². The number of nitro benzene ring substituents is 2. The minimum absolute atomic E-state index is 0. The molecule has 0 saturated heterocycles. The summed E-state index contributed by atoms with van der Waals surface area (Å²) in [7, 11) is 1.99. The van der Waals surface area contributed by atoms with Crippen molar-refractivity contribution in [3.05, 3.63) is 54.6 Å². The molecule has 26 heavy (non-hydrogen) atoms. The van der Waals surface area contributed by atoms with Crippen molar-refractivity contribution in [3.63, 3.8) is 0 Å². The smallest absolute Gasteiger partial charge is 0.277 e. The van der Waals surface area contributed by atoms with E-state index in [1.54, 1.807) is 0 Å². The zero-order valence-electron chi connectivity index (χ0n) is 13.5. The van der Waals surface area contributed by atoms with Crippen LogP contribution in [0.3, 0.4) is 0 Å². The van der Waals surface area contributed by atoms with Crippen molar-refractivity contribution in [1.29, 1.82) is 0 Å². The second kappa shape index (κ2) is 7.72. The largest absolute Gasteiger partial charge is 0.301 e. The number of thiazole rings is 1. The van der Waals surface area contributed by atoms with Gasteiger partial charge in [0, 0.05) is 36.5 Å². The Labute approximate surface area is 157 Å². The van der Waals surface area contributed by atoms with E-state index in [0.29, 0.717) is 5.13 Å². The van der Waals surface area contributed by atoms with Crippen LogP contribution in [-0.4, -0.2) is 39.2 Å². The number of non-ortho nitro benzene ring substituents is 2. The Bertz CT molecular complexity index is 854. The molecule has 1 aromatic carbocycles. The molecule has 138 valence electrons. The van der Waals surface area contributed by atoms with Crippen molar-refractivity contribution in [2.45, 2.75) is 13.0 Å². The number of carbonyl (C=O) groups excluding carboxylic acids is 1. The van der Waals surface area contributed by atoms with Crippen LogP contribution in [-0.2, 0) is 13.0 Å². The zero-order chi connectivity index (χ0) is 18.1. The maximum absolute atomic E-state index is 12.3. The molecule has 0 saturated carbocycles. The third kappa shape index (κ3) is 4.12. The van der Waals surface area contributed by atoms with Gasteiger partial charge in [-0.15, -0.1) is 23.7 Å². The van der Waals surface area contributed by atoms with E-state index in [4.69, 9.17) is 0 Å². The monoisotopic (exact) mass is 399 g/mol. The Morgan fingerprint density at radius 1 is 1.23 bits per heavy atom. The SMILES string of the molecule is CN1CCc2nc(NC(=O)c3cc([N+](=O)[O-])cc([N+](=O)[O-])c3)sc2C1.Cl. The average Bonchev–Trinajstić information content (AvgIpc) is 2.95. The number of hydrogen-bond donors (Lipinski definition) is 1. The number of nitrogens with zero attached hydrogens (tertiary/aromatic N) is 4. The molecule has 2 aromatic rings. The number of aromatic nitrogens is 1. The lowest BCUT2D eigenvalue weighted by atomic mass is 10.1. The van der Waals surface area contributed by atoms with Crippen LogP contribution in [0.25, 0.3) is 0 Å². The molecule has 0 radical (unpaired) electrons. The summed E-state index contributed by atoms with van der Waals surface area (Å²) in [5, 5.41) is 24.8. The Hall–Kier alpha value is -2.63. The predicted octanol–water partition coefficient (Wildman–Crippen LogP) is 2.62. The molecule has 0 atom stereocenters. The highest BCUT2D eigenvalue weighted by Crippen LogP contribution is 2.29.